The number of aryl methyl sites for hydroxylation is 1. The largest absolute Gasteiger partial charge is 0.497 e. The SMILES string of the molecule is COc1cccc(CNc2nccn(-c3ccc(C)c(F)c3)c2=O)c1. The van der Waals surface area contributed by atoms with Crippen molar-refractivity contribution in [2.75, 3.05) is 12.4 Å². The molecule has 0 amide bonds. The Labute approximate surface area is 144 Å². The van der Waals surface area contributed by atoms with Crippen LogP contribution >= 0.6 is 0 Å². The van der Waals surface area contributed by atoms with Gasteiger partial charge in [-0.05, 0) is 42.3 Å². The molecular weight excluding hydrogens is 321 g/mol. The summed E-state index contributed by atoms with van der Waals surface area (Å²) in [4.78, 5) is 16.7. The molecule has 3 rings (SSSR count). The highest BCUT2D eigenvalue weighted by Crippen LogP contribution is 2.14. The number of aromatic nitrogens is 2. The van der Waals surface area contributed by atoms with E-state index in [1.807, 2.05) is 24.3 Å². The van der Waals surface area contributed by atoms with Gasteiger partial charge in [0.05, 0.1) is 12.8 Å². The van der Waals surface area contributed by atoms with Gasteiger partial charge in [0.15, 0.2) is 5.82 Å². The average molecular weight is 339 g/mol. The molecule has 0 saturated carbocycles. The van der Waals surface area contributed by atoms with Gasteiger partial charge in [-0.15, -0.1) is 0 Å². The number of ether oxygens (including phenoxy) is 1. The molecule has 0 unspecified atom stereocenters. The van der Waals surface area contributed by atoms with E-state index in [2.05, 4.69) is 10.3 Å². The first-order valence-electron chi connectivity index (χ1n) is 7.79. The molecule has 0 fully saturated rings. The van der Waals surface area contributed by atoms with Gasteiger partial charge in [0, 0.05) is 18.9 Å². The molecule has 5 nitrogen and oxygen atoms in total. The van der Waals surface area contributed by atoms with Crippen molar-refractivity contribution in [3.05, 3.63) is 82.2 Å². The summed E-state index contributed by atoms with van der Waals surface area (Å²) in [5, 5.41) is 3.02. The predicted molar refractivity (Wildman–Crippen MR) is 94.8 cm³/mol. The van der Waals surface area contributed by atoms with Gasteiger partial charge in [-0.2, -0.15) is 0 Å². The third-order valence-corrected chi connectivity index (χ3v) is 3.87. The second kappa shape index (κ2) is 7.17. The number of hydrogen-bond acceptors (Lipinski definition) is 4. The fraction of sp³-hybridized carbons (Fsp3) is 0.158. The Kier molecular flexibility index (Phi) is 4.79. The van der Waals surface area contributed by atoms with Crippen LogP contribution in [0, 0.1) is 12.7 Å². The molecule has 0 aliphatic rings. The van der Waals surface area contributed by atoms with Gasteiger partial charge in [0.25, 0.3) is 5.56 Å². The van der Waals surface area contributed by atoms with E-state index in [0.717, 1.165) is 11.3 Å². The van der Waals surface area contributed by atoms with E-state index in [1.54, 1.807) is 26.2 Å². The molecule has 0 radical (unpaired) electrons. The third-order valence-electron chi connectivity index (χ3n) is 3.87. The molecule has 1 N–H and O–H groups in total. The predicted octanol–water partition coefficient (Wildman–Crippen LogP) is 3.30. The monoisotopic (exact) mass is 339 g/mol. The highest BCUT2D eigenvalue weighted by molar-refractivity contribution is 5.41. The third kappa shape index (κ3) is 3.68. The van der Waals surface area contributed by atoms with E-state index in [9.17, 15) is 9.18 Å². The van der Waals surface area contributed by atoms with Crippen LogP contribution in [0.3, 0.4) is 0 Å². The van der Waals surface area contributed by atoms with Crippen molar-refractivity contribution >= 4 is 5.82 Å². The summed E-state index contributed by atoms with van der Waals surface area (Å²) in [6.07, 6.45) is 3.02. The van der Waals surface area contributed by atoms with Crippen molar-refractivity contribution < 1.29 is 9.13 Å². The quantitative estimate of drug-likeness (QED) is 0.775. The van der Waals surface area contributed by atoms with Gasteiger partial charge in [0.1, 0.15) is 11.6 Å². The highest BCUT2D eigenvalue weighted by atomic mass is 19.1. The number of methoxy groups -OCH3 is 1. The number of benzene rings is 2. The zero-order valence-electron chi connectivity index (χ0n) is 14.0. The van der Waals surface area contributed by atoms with Crippen molar-refractivity contribution in [2.24, 2.45) is 0 Å². The van der Waals surface area contributed by atoms with Crippen LogP contribution in [0.4, 0.5) is 10.2 Å². The molecular formula is C19H18FN3O2. The lowest BCUT2D eigenvalue weighted by Crippen LogP contribution is -2.23. The van der Waals surface area contributed by atoms with Crippen LogP contribution < -0.4 is 15.6 Å². The summed E-state index contributed by atoms with van der Waals surface area (Å²) in [5.41, 5.74) is 1.60. The first-order valence-corrected chi connectivity index (χ1v) is 7.79. The summed E-state index contributed by atoms with van der Waals surface area (Å²) in [6, 6.07) is 12.2. The van der Waals surface area contributed by atoms with Crippen molar-refractivity contribution in [1.82, 2.24) is 9.55 Å². The number of rotatable bonds is 5. The lowest BCUT2D eigenvalue weighted by Gasteiger charge is -2.10. The van der Waals surface area contributed by atoms with Gasteiger partial charge in [-0.25, -0.2) is 9.37 Å². The van der Waals surface area contributed by atoms with Crippen LogP contribution in [0.5, 0.6) is 5.75 Å². The molecule has 25 heavy (non-hydrogen) atoms. The zero-order chi connectivity index (χ0) is 17.8. The fourth-order valence-corrected chi connectivity index (χ4v) is 2.44. The lowest BCUT2D eigenvalue weighted by atomic mass is 10.2. The maximum absolute atomic E-state index is 13.8. The summed E-state index contributed by atoms with van der Waals surface area (Å²) in [6.45, 7) is 2.10. The lowest BCUT2D eigenvalue weighted by molar-refractivity contribution is 0.414. The molecule has 0 aliphatic heterocycles. The van der Waals surface area contributed by atoms with Crippen molar-refractivity contribution in [3.63, 3.8) is 0 Å². The average Bonchev–Trinajstić information content (AvgIpc) is 2.63. The summed E-state index contributed by atoms with van der Waals surface area (Å²) in [7, 11) is 1.60. The Bertz CT molecular complexity index is 953. The molecule has 1 heterocycles. The summed E-state index contributed by atoms with van der Waals surface area (Å²) >= 11 is 0. The number of halogens is 1. The number of nitrogens with zero attached hydrogens (tertiary/aromatic N) is 2. The van der Waals surface area contributed by atoms with Gasteiger partial charge in [0.2, 0.25) is 0 Å². The minimum Gasteiger partial charge on any atom is -0.497 e. The van der Waals surface area contributed by atoms with E-state index in [1.165, 1.54) is 23.0 Å². The van der Waals surface area contributed by atoms with Crippen molar-refractivity contribution in [1.29, 1.82) is 0 Å². The molecule has 0 spiro atoms. The van der Waals surface area contributed by atoms with E-state index in [0.29, 0.717) is 17.8 Å². The number of hydrogen-bond donors (Lipinski definition) is 1. The fourth-order valence-electron chi connectivity index (χ4n) is 2.44. The number of nitrogens with one attached hydrogen (secondary N) is 1. The Morgan fingerprint density at radius 3 is 2.84 bits per heavy atom. The first kappa shape index (κ1) is 16.7. The van der Waals surface area contributed by atoms with E-state index < -0.39 is 0 Å². The first-order chi connectivity index (χ1) is 12.1. The van der Waals surface area contributed by atoms with E-state index in [-0.39, 0.29) is 17.2 Å². The van der Waals surface area contributed by atoms with Gasteiger partial charge >= 0.3 is 0 Å². The molecule has 6 heteroatoms. The maximum atomic E-state index is 13.8. The summed E-state index contributed by atoms with van der Waals surface area (Å²) in [5.74, 6) is 0.589. The maximum Gasteiger partial charge on any atom is 0.297 e. The highest BCUT2D eigenvalue weighted by Gasteiger charge is 2.08. The standard InChI is InChI=1S/C19H18FN3O2/c1-13-6-7-15(11-17(13)20)23-9-8-21-18(19(23)24)22-12-14-4-3-5-16(10-14)25-2/h3-11H,12H2,1-2H3,(H,21,22). The zero-order valence-corrected chi connectivity index (χ0v) is 14.0. The van der Waals surface area contributed by atoms with Crippen LogP contribution in [-0.4, -0.2) is 16.7 Å². The normalized spacial score (nSPS) is 10.5. The Morgan fingerprint density at radius 2 is 2.08 bits per heavy atom. The second-order valence-electron chi connectivity index (χ2n) is 5.59. The van der Waals surface area contributed by atoms with Crippen LogP contribution in [-0.2, 0) is 6.54 Å². The molecule has 128 valence electrons. The smallest absolute Gasteiger partial charge is 0.297 e. The van der Waals surface area contributed by atoms with Gasteiger partial charge < -0.3 is 10.1 Å². The Hall–Kier alpha value is -3.15. The second-order valence-corrected chi connectivity index (χ2v) is 5.59. The van der Waals surface area contributed by atoms with Crippen LogP contribution in [0.1, 0.15) is 11.1 Å². The van der Waals surface area contributed by atoms with E-state index in [4.69, 9.17) is 4.74 Å². The van der Waals surface area contributed by atoms with Gasteiger partial charge in [-0.1, -0.05) is 18.2 Å². The van der Waals surface area contributed by atoms with Gasteiger partial charge in [-0.3, -0.25) is 9.36 Å². The topological polar surface area (TPSA) is 56.1 Å². The van der Waals surface area contributed by atoms with Crippen molar-refractivity contribution in [2.45, 2.75) is 13.5 Å². The minimum absolute atomic E-state index is 0.200. The molecule has 0 aliphatic carbocycles. The molecule has 0 bridgehead atoms. The summed E-state index contributed by atoms with van der Waals surface area (Å²) < 4.78 is 20.3. The van der Waals surface area contributed by atoms with Crippen LogP contribution in [0.15, 0.2) is 59.7 Å². The molecule has 0 saturated heterocycles. The van der Waals surface area contributed by atoms with Crippen LogP contribution in [0.2, 0.25) is 0 Å². The Balaban J connectivity index is 1.85. The molecule has 0 atom stereocenters. The molecule has 2 aromatic carbocycles. The number of anilines is 1. The van der Waals surface area contributed by atoms with E-state index >= 15 is 0 Å². The van der Waals surface area contributed by atoms with Crippen molar-refractivity contribution in [3.8, 4) is 11.4 Å². The van der Waals surface area contributed by atoms with Crippen LogP contribution in [0.25, 0.3) is 5.69 Å². The minimum atomic E-state index is -0.355. The Morgan fingerprint density at radius 1 is 1.24 bits per heavy atom. The molecule has 3 aromatic rings. The molecule has 1 aromatic heterocycles.